The van der Waals surface area contributed by atoms with Crippen LogP contribution in [0, 0.1) is 6.92 Å². The highest BCUT2D eigenvalue weighted by Gasteiger charge is 2.24. The first kappa shape index (κ1) is 21.7. The van der Waals surface area contributed by atoms with Gasteiger partial charge in [0.1, 0.15) is 6.54 Å². The molecule has 2 rings (SSSR count). The highest BCUT2D eigenvalue weighted by Crippen LogP contribution is 2.12. The molecule has 0 spiro atoms. The van der Waals surface area contributed by atoms with Crippen molar-refractivity contribution in [2.75, 3.05) is 26.8 Å². The summed E-state index contributed by atoms with van der Waals surface area (Å²) in [6.45, 7) is 7.28. The summed E-state index contributed by atoms with van der Waals surface area (Å²) in [6, 6.07) is 11.3. The van der Waals surface area contributed by atoms with Crippen LogP contribution in [0.4, 0.5) is 0 Å². The molecule has 0 aliphatic heterocycles. The third-order valence-corrected chi connectivity index (χ3v) is 4.81. The van der Waals surface area contributed by atoms with Crippen LogP contribution in [0.5, 0.6) is 0 Å². The lowest BCUT2D eigenvalue weighted by atomic mass is 10.1. The molecule has 0 saturated heterocycles. The van der Waals surface area contributed by atoms with Crippen LogP contribution in [-0.4, -0.2) is 59.0 Å². The van der Waals surface area contributed by atoms with E-state index >= 15 is 0 Å². The van der Waals surface area contributed by atoms with E-state index in [1.165, 1.54) is 0 Å². The van der Waals surface area contributed by atoms with Crippen LogP contribution in [0.25, 0.3) is 0 Å². The summed E-state index contributed by atoms with van der Waals surface area (Å²) in [5.41, 5.74) is 2.72. The fourth-order valence-corrected chi connectivity index (χ4v) is 2.95. The Balaban J connectivity index is 2.15. The molecule has 28 heavy (non-hydrogen) atoms. The summed E-state index contributed by atoms with van der Waals surface area (Å²) >= 11 is 0. The number of carbonyl (C=O) groups is 2. The van der Waals surface area contributed by atoms with Gasteiger partial charge < -0.3 is 19.1 Å². The van der Waals surface area contributed by atoms with Crippen molar-refractivity contribution in [1.29, 1.82) is 0 Å². The standard InChI is InChI=1S/C22H31N3O3/c1-17(2)25(22(27)19-10-8-18(3)9-11-19)16-21(26)24(13-14-28-5)15-20-7-6-12-23(20)4/h6-12,17H,13-16H2,1-5H3. The van der Waals surface area contributed by atoms with Crippen LogP contribution in [0.15, 0.2) is 42.6 Å². The molecule has 0 bridgehead atoms. The van der Waals surface area contributed by atoms with Crippen molar-refractivity contribution in [2.24, 2.45) is 7.05 Å². The summed E-state index contributed by atoms with van der Waals surface area (Å²) in [7, 11) is 3.57. The zero-order valence-corrected chi connectivity index (χ0v) is 17.5. The number of benzene rings is 1. The van der Waals surface area contributed by atoms with E-state index in [0.29, 0.717) is 25.3 Å². The minimum absolute atomic E-state index is 0.0402. The number of rotatable bonds is 9. The molecule has 2 aromatic rings. The highest BCUT2D eigenvalue weighted by atomic mass is 16.5. The molecule has 0 aliphatic carbocycles. The van der Waals surface area contributed by atoms with Crippen LogP contribution in [-0.2, 0) is 23.1 Å². The lowest BCUT2D eigenvalue weighted by molar-refractivity contribution is -0.133. The molecule has 152 valence electrons. The van der Waals surface area contributed by atoms with Gasteiger partial charge >= 0.3 is 0 Å². The van der Waals surface area contributed by atoms with Gasteiger partial charge in [-0.2, -0.15) is 0 Å². The van der Waals surface area contributed by atoms with Gasteiger partial charge in [0.2, 0.25) is 5.91 Å². The second-order valence-corrected chi connectivity index (χ2v) is 7.31. The lowest BCUT2D eigenvalue weighted by Crippen LogP contribution is -2.46. The van der Waals surface area contributed by atoms with E-state index in [0.717, 1.165) is 11.3 Å². The molecule has 1 aromatic heterocycles. The van der Waals surface area contributed by atoms with Gasteiger partial charge in [0.05, 0.1) is 13.2 Å². The van der Waals surface area contributed by atoms with Crippen LogP contribution in [0.2, 0.25) is 0 Å². The second-order valence-electron chi connectivity index (χ2n) is 7.31. The van der Waals surface area contributed by atoms with E-state index in [1.54, 1.807) is 16.9 Å². The Morgan fingerprint density at radius 3 is 2.36 bits per heavy atom. The first-order valence-electron chi connectivity index (χ1n) is 9.58. The summed E-state index contributed by atoms with van der Waals surface area (Å²) in [6.07, 6.45) is 1.95. The number of ether oxygens (including phenoxy) is 1. The number of methoxy groups -OCH3 is 1. The Morgan fingerprint density at radius 1 is 1.14 bits per heavy atom. The molecular weight excluding hydrogens is 354 g/mol. The molecule has 1 heterocycles. The number of aryl methyl sites for hydroxylation is 2. The van der Waals surface area contributed by atoms with Gasteiger partial charge in [-0.15, -0.1) is 0 Å². The largest absolute Gasteiger partial charge is 0.383 e. The monoisotopic (exact) mass is 385 g/mol. The van der Waals surface area contributed by atoms with E-state index in [9.17, 15) is 9.59 Å². The molecule has 0 fully saturated rings. The first-order valence-corrected chi connectivity index (χ1v) is 9.58. The Morgan fingerprint density at radius 2 is 1.82 bits per heavy atom. The maximum absolute atomic E-state index is 13.1. The topological polar surface area (TPSA) is 54.8 Å². The summed E-state index contributed by atoms with van der Waals surface area (Å²) in [5.74, 6) is -0.221. The van der Waals surface area contributed by atoms with Crippen molar-refractivity contribution in [3.8, 4) is 0 Å². The van der Waals surface area contributed by atoms with E-state index < -0.39 is 0 Å². The number of hydrogen-bond donors (Lipinski definition) is 0. The van der Waals surface area contributed by atoms with Crippen LogP contribution in [0.3, 0.4) is 0 Å². The Kier molecular flexibility index (Phi) is 7.81. The predicted octanol–water partition coefficient (Wildman–Crippen LogP) is 2.86. The van der Waals surface area contributed by atoms with Gasteiger partial charge in [0.15, 0.2) is 0 Å². The van der Waals surface area contributed by atoms with E-state index in [-0.39, 0.29) is 24.4 Å². The fourth-order valence-electron chi connectivity index (χ4n) is 2.95. The van der Waals surface area contributed by atoms with Crippen molar-refractivity contribution in [3.63, 3.8) is 0 Å². The Bertz CT molecular complexity index is 781. The highest BCUT2D eigenvalue weighted by molar-refractivity contribution is 5.96. The molecule has 0 N–H and O–H groups in total. The molecule has 0 saturated carbocycles. The predicted molar refractivity (Wildman–Crippen MR) is 110 cm³/mol. The molecule has 0 unspecified atom stereocenters. The SMILES string of the molecule is COCCN(Cc1cccn1C)C(=O)CN(C(=O)c1ccc(C)cc1)C(C)C. The van der Waals surface area contributed by atoms with Gasteiger partial charge in [-0.25, -0.2) is 0 Å². The van der Waals surface area contributed by atoms with Crippen molar-refractivity contribution >= 4 is 11.8 Å². The van der Waals surface area contributed by atoms with Gasteiger partial charge in [0, 0.05) is 44.2 Å². The Labute approximate surface area is 167 Å². The van der Waals surface area contributed by atoms with Gasteiger partial charge in [-0.1, -0.05) is 17.7 Å². The average Bonchev–Trinajstić information content (AvgIpc) is 3.07. The van der Waals surface area contributed by atoms with Gasteiger partial charge in [0.25, 0.3) is 5.91 Å². The molecule has 0 radical (unpaired) electrons. The minimum Gasteiger partial charge on any atom is -0.383 e. The van der Waals surface area contributed by atoms with Crippen LogP contribution < -0.4 is 0 Å². The van der Waals surface area contributed by atoms with Crippen LogP contribution in [0.1, 0.15) is 35.5 Å². The molecular formula is C22H31N3O3. The second kappa shape index (κ2) is 10.1. The quantitative estimate of drug-likeness (QED) is 0.667. The molecule has 1 aromatic carbocycles. The summed E-state index contributed by atoms with van der Waals surface area (Å²) < 4.78 is 7.16. The van der Waals surface area contributed by atoms with Crippen LogP contribution >= 0.6 is 0 Å². The molecule has 0 atom stereocenters. The average molecular weight is 386 g/mol. The molecule has 2 amide bonds. The van der Waals surface area contributed by atoms with Crippen molar-refractivity contribution < 1.29 is 14.3 Å². The number of aromatic nitrogens is 1. The smallest absolute Gasteiger partial charge is 0.254 e. The summed E-state index contributed by atoms with van der Waals surface area (Å²) in [4.78, 5) is 29.4. The van der Waals surface area contributed by atoms with Crippen molar-refractivity contribution in [2.45, 2.75) is 33.4 Å². The molecule has 6 heteroatoms. The number of amides is 2. The molecule has 6 nitrogen and oxygen atoms in total. The number of carbonyl (C=O) groups excluding carboxylic acids is 2. The van der Waals surface area contributed by atoms with E-state index in [2.05, 4.69) is 0 Å². The van der Waals surface area contributed by atoms with Gasteiger partial charge in [-0.05, 0) is 45.0 Å². The third-order valence-electron chi connectivity index (χ3n) is 4.81. The zero-order chi connectivity index (χ0) is 20.7. The van der Waals surface area contributed by atoms with E-state index in [4.69, 9.17) is 4.74 Å². The fraction of sp³-hybridized carbons (Fsp3) is 0.455. The Hall–Kier alpha value is -2.60. The minimum atomic E-state index is -0.131. The third kappa shape index (κ3) is 5.70. The number of hydrogen-bond acceptors (Lipinski definition) is 3. The van der Waals surface area contributed by atoms with Gasteiger partial charge in [-0.3, -0.25) is 9.59 Å². The maximum Gasteiger partial charge on any atom is 0.254 e. The normalized spacial score (nSPS) is 10.9. The van der Waals surface area contributed by atoms with Crippen molar-refractivity contribution in [1.82, 2.24) is 14.4 Å². The maximum atomic E-state index is 13.1. The summed E-state index contributed by atoms with van der Waals surface area (Å²) in [5, 5.41) is 0. The van der Waals surface area contributed by atoms with Crippen molar-refractivity contribution in [3.05, 3.63) is 59.4 Å². The number of nitrogens with zero attached hydrogens (tertiary/aromatic N) is 3. The zero-order valence-electron chi connectivity index (χ0n) is 17.5. The van der Waals surface area contributed by atoms with E-state index in [1.807, 2.05) is 75.0 Å². The molecule has 0 aliphatic rings. The first-order chi connectivity index (χ1) is 13.3. The lowest BCUT2D eigenvalue weighted by Gasteiger charge is -2.30.